The smallest absolute Gasteiger partial charge is 0.0179 e. The summed E-state index contributed by atoms with van der Waals surface area (Å²) in [6.07, 6.45) is 7.80. The quantitative estimate of drug-likeness (QED) is 0.412. The van der Waals surface area contributed by atoms with Crippen LogP contribution in [0.4, 0.5) is 0 Å². The molecule has 1 aliphatic heterocycles. The first-order valence-electron chi connectivity index (χ1n) is 4.21. The normalized spacial score (nSPS) is 35.6. The van der Waals surface area contributed by atoms with E-state index in [0.717, 1.165) is 11.3 Å². The van der Waals surface area contributed by atoms with E-state index in [1.807, 2.05) is 6.08 Å². The lowest BCUT2D eigenvalue weighted by Crippen LogP contribution is -2.25. The standard InChI is InChI=1S/C10H13P/c1-8-7-9(2)11(8)10-5-3-4-6-10/h3-5,8-9H,7H2,1-2H3/t8-,9-/m1/s1. The maximum Gasteiger partial charge on any atom is 0.0179 e. The summed E-state index contributed by atoms with van der Waals surface area (Å²) in [6, 6.07) is 0. The van der Waals surface area contributed by atoms with Crippen LogP contribution in [0.3, 0.4) is 0 Å². The molecule has 11 heavy (non-hydrogen) atoms. The van der Waals surface area contributed by atoms with E-state index in [4.69, 9.17) is 0 Å². The zero-order valence-electron chi connectivity index (χ0n) is 7.04. The number of hydrogen-bond acceptors (Lipinski definition) is 0. The van der Waals surface area contributed by atoms with Gasteiger partial charge in [0.25, 0.3) is 0 Å². The van der Waals surface area contributed by atoms with E-state index < -0.39 is 0 Å². The second-order valence-corrected chi connectivity index (χ2v) is 6.46. The van der Waals surface area contributed by atoms with Crippen LogP contribution in [0.25, 0.3) is 0 Å². The molecule has 0 saturated carbocycles. The van der Waals surface area contributed by atoms with E-state index in [1.54, 1.807) is 0 Å². The van der Waals surface area contributed by atoms with Crippen molar-refractivity contribution >= 4 is 7.92 Å². The van der Waals surface area contributed by atoms with Crippen LogP contribution in [0, 0.1) is 0 Å². The van der Waals surface area contributed by atoms with Gasteiger partial charge in [0.2, 0.25) is 0 Å². The van der Waals surface area contributed by atoms with Crippen LogP contribution in [-0.4, -0.2) is 11.3 Å². The Morgan fingerprint density at radius 2 is 2.18 bits per heavy atom. The van der Waals surface area contributed by atoms with Crippen molar-refractivity contribution in [1.82, 2.24) is 0 Å². The molecule has 0 unspecified atom stereocenters. The summed E-state index contributed by atoms with van der Waals surface area (Å²) in [4.78, 5) is 0. The highest BCUT2D eigenvalue weighted by molar-refractivity contribution is 7.65. The highest BCUT2D eigenvalue weighted by atomic mass is 31.1. The molecule has 2 rings (SSSR count). The number of hydrogen-bond donors (Lipinski definition) is 0. The number of allylic oxidation sites excluding steroid dienone is 3. The Hall–Kier alpha value is -0.310. The molecule has 1 heterocycles. The largest absolute Gasteiger partial charge is 0.112 e. The Labute approximate surface area is 69.4 Å². The van der Waals surface area contributed by atoms with Crippen molar-refractivity contribution in [2.45, 2.75) is 31.6 Å². The van der Waals surface area contributed by atoms with E-state index in [9.17, 15) is 0 Å². The fourth-order valence-electron chi connectivity index (χ4n) is 1.97. The second-order valence-electron chi connectivity index (χ2n) is 3.40. The monoisotopic (exact) mass is 164 g/mol. The van der Waals surface area contributed by atoms with E-state index in [0.29, 0.717) is 0 Å². The van der Waals surface area contributed by atoms with Crippen LogP contribution in [0.2, 0.25) is 0 Å². The van der Waals surface area contributed by atoms with Gasteiger partial charge in [-0.3, -0.25) is 0 Å². The van der Waals surface area contributed by atoms with Gasteiger partial charge in [0, 0.05) is 5.31 Å². The molecule has 0 nitrogen and oxygen atoms in total. The van der Waals surface area contributed by atoms with Gasteiger partial charge in [0.15, 0.2) is 0 Å². The average molecular weight is 164 g/mol. The first kappa shape index (κ1) is 7.35. The zero-order valence-corrected chi connectivity index (χ0v) is 7.94. The van der Waals surface area contributed by atoms with E-state index in [2.05, 4.69) is 31.7 Å². The van der Waals surface area contributed by atoms with Crippen LogP contribution >= 0.6 is 7.92 Å². The Bertz CT molecular complexity index is 248. The minimum Gasteiger partial charge on any atom is -0.112 e. The van der Waals surface area contributed by atoms with E-state index in [-0.39, 0.29) is 7.92 Å². The van der Waals surface area contributed by atoms with Crippen LogP contribution in [0.5, 0.6) is 0 Å². The Morgan fingerprint density at radius 1 is 1.45 bits per heavy atom. The van der Waals surface area contributed by atoms with Crippen LogP contribution < -0.4 is 0 Å². The summed E-state index contributed by atoms with van der Waals surface area (Å²) in [5.41, 5.74) is 5.22. The molecule has 1 saturated heterocycles. The lowest BCUT2D eigenvalue weighted by atomic mass is 10.2. The average Bonchev–Trinajstić information content (AvgIpc) is 2.39. The summed E-state index contributed by atoms with van der Waals surface area (Å²) in [7, 11) is 0.166. The molecule has 1 fully saturated rings. The molecule has 0 radical (unpaired) electrons. The predicted octanol–water partition coefficient (Wildman–Crippen LogP) is 3.26. The van der Waals surface area contributed by atoms with Gasteiger partial charge in [-0.25, -0.2) is 0 Å². The minimum absolute atomic E-state index is 0.166. The van der Waals surface area contributed by atoms with Crippen molar-refractivity contribution in [2.24, 2.45) is 0 Å². The maximum atomic E-state index is 3.33. The molecule has 0 bridgehead atoms. The third-order valence-corrected chi connectivity index (χ3v) is 5.65. The highest BCUT2D eigenvalue weighted by Crippen LogP contribution is 2.64. The lowest BCUT2D eigenvalue weighted by Gasteiger charge is -2.41. The molecule has 0 spiro atoms. The third-order valence-electron chi connectivity index (χ3n) is 2.49. The van der Waals surface area contributed by atoms with Gasteiger partial charge >= 0.3 is 0 Å². The minimum atomic E-state index is 0.166. The second kappa shape index (κ2) is 2.63. The number of rotatable bonds is 1. The van der Waals surface area contributed by atoms with Crippen LogP contribution in [0.1, 0.15) is 20.3 Å². The molecule has 2 atom stereocenters. The molecular formula is C10H13P. The Balaban J connectivity index is 2.16. The fourth-order valence-corrected chi connectivity index (χ4v) is 4.97. The Kier molecular flexibility index (Phi) is 1.75. The summed E-state index contributed by atoms with van der Waals surface area (Å²) in [5, 5.41) is 1.49. The molecule has 1 heteroatoms. The van der Waals surface area contributed by atoms with Crippen molar-refractivity contribution in [3.8, 4) is 0 Å². The van der Waals surface area contributed by atoms with Crippen molar-refractivity contribution in [1.29, 1.82) is 0 Å². The van der Waals surface area contributed by atoms with E-state index >= 15 is 0 Å². The van der Waals surface area contributed by atoms with Crippen LogP contribution in [-0.2, 0) is 0 Å². The molecular weight excluding hydrogens is 151 g/mol. The SMILES string of the molecule is C[C@@H]1C[C@@H](C)P1C1=C=CC=C1. The van der Waals surface area contributed by atoms with Gasteiger partial charge in [-0.05, 0) is 29.9 Å². The van der Waals surface area contributed by atoms with E-state index in [1.165, 1.54) is 11.7 Å². The molecule has 0 aromatic heterocycles. The summed E-state index contributed by atoms with van der Waals surface area (Å²) >= 11 is 0. The molecule has 0 aromatic carbocycles. The lowest BCUT2D eigenvalue weighted by molar-refractivity contribution is 0.712. The first-order valence-corrected chi connectivity index (χ1v) is 5.69. The molecule has 0 N–H and O–H groups in total. The molecule has 1 aliphatic carbocycles. The maximum absolute atomic E-state index is 3.33. The van der Waals surface area contributed by atoms with Crippen molar-refractivity contribution < 1.29 is 0 Å². The topological polar surface area (TPSA) is 0 Å². The Morgan fingerprint density at radius 3 is 2.64 bits per heavy atom. The van der Waals surface area contributed by atoms with Crippen LogP contribution in [0.15, 0.2) is 29.3 Å². The summed E-state index contributed by atoms with van der Waals surface area (Å²) in [5.74, 6) is 0. The summed E-state index contributed by atoms with van der Waals surface area (Å²) in [6.45, 7) is 4.74. The van der Waals surface area contributed by atoms with Gasteiger partial charge < -0.3 is 0 Å². The van der Waals surface area contributed by atoms with Gasteiger partial charge in [-0.2, -0.15) is 0 Å². The molecule has 0 amide bonds. The first-order chi connectivity index (χ1) is 5.29. The summed E-state index contributed by atoms with van der Waals surface area (Å²) < 4.78 is 0. The van der Waals surface area contributed by atoms with Crippen molar-refractivity contribution in [2.75, 3.05) is 0 Å². The van der Waals surface area contributed by atoms with Crippen molar-refractivity contribution in [3.63, 3.8) is 0 Å². The van der Waals surface area contributed by atoms with Gasteiger partial charge in [0.1, 0.15) is 0 Å². The van der Waals surface area contributed by atoms with Gasteiger partial charge in [0.05, 0.1) is 0 Å². The molecule has 58 valence electrons. The molecule has 0 aromatic rings. The predicted molar refractivity (Wildman–Crippen MR) is 51.2 cm³/mol. The highest BCUT2D eigenvalue weighted by Gasteiger charge is 2.36. The fraction of sp³-hybridized carbons (Fsp3) is 0.500. The third kappa shape index (κ3) is 1.11. The molecule has 2 aliphatic rings. The zero-order chi connectivity index (χ0) is 7.84. The van der Waals surface area contributed by atoms with Gasteiger partial charge in [-0.15, -0.1) is 5.73 Å². The van der Waals surface area contributed by atoms with Crippen molar-refractivity contribution in [3.05, 3.63) is 29.3 Å². The van der Waals surface area contributed by atoms with Gasteiger partial charge in [-0.1, -0.05) is 27.8 Å².